The van der Waals surface area contributed by atoms with Crippen LogP contribution in [-0.2, 0) is 23.7 Å². The zero-order valence-corrected chi connectivity index (χ0v) is 38.6. The van der Waals surface area contributed by atoms with Gasteiger partial charge in [0.15, 0.2) is 12.6 Å². The first-order valence-corrected chi connectivity index (χ1v) is 24.9. The topological polar surface area (TPSA) is 228 Å². The minimum absolute atomic E-state index is 0.216. The highest BCUT2D eigenvalue weighted by Gasteiger charge is 2.51. The lowest BCUT2D eigenvalue weighted by Crippen LogP contribution is -2.65. The first-order valence-electron chi connectivity index (χ1n) is 24.9. The normalized spacial score (nSPS) is 27.8. The molecule has 0 saturated carbocycles. The van der Waals surface area contributed by atoms with Crippen molar-refractivity contribution in [2.24, 2.45) is 0 Å². The molecule has 1 amide bonds. The molecule has 0 radical (unpaired) electrons. The quantitative estimate of drug-likeness (QED) is 0.0257. The van der Waals surface area contributed by atoms with Crippen LogP contribution in [0.1, 0.15) is 194 Å². The highest BCUT2D eigenvalue weighted by atomic mass is 16.7. The third-order valence-electron chi connectivity index (χ3n) is 12.5. The van der Waals surface area contributed by atoms with Gasteiger partial charge in [-0.05, 0) is 38.5 Å². The van der Waals surface area contributed by atoms with Crippen LogP contribution in [-0.4, -0.2) is 140 Å². The number of aliphatic hydroxyl groups is 8. The van der Waals surface area contributed by atoms with Gasteiger partial charge < -0.3 is 65.1 Å². The van der Waals surface area contributed by atoms with E-state index in [1.165, 1.54) is 96.3 Å². The van der Waals surface area contributed by atoms with E-state index in [1.807, 2.05) is 0 Å². The van der Waals surface area contributed by atoms with Crippen LogP contribution >= 0.6 is 0 Å². The minimum Gasteiger partial charge on any atom is -0.394 e. The van der Waals surface area contributed by atoms with E-state index >= 15 is 0 Å². The van der Waals surface area contributed by atoms with Crippen molar-refractivity contribution in [1.82, 2.24) is 5.32 Å². The second-order valence-corrected chi connectivity index (χ2v) is 17.9. The number of allylic oxidation sites excluding steroid dienone is 2. The van der Waals surface area contributed by atoms with Gasteiger partial charge in [-0.3, -0.25) is 4.79 Å². The Morgan fingerprint density at radius 2 is 1.02 bits per heavy atom. The number of carbonyl (C=O) groups excluding carboxylic acids is 1. The Balaban J connectivity index is 1.85. The lowest BCUT2D eigenvalue weighted by atomic mass is 9.97. The summed E-state index contributed by atoms with van der Waals surface area (Å²) in [5, 5.41) is 86.8. The van der Waals surface area contributed by atoms with E-state index in [2.05, 4.69) is 31.3 Å². The second kappa shape index (κ2) is 35.9. The molecule has 0 bridgehead atoms. The molecular formula is C48H91NO13. The third-order valence-corrected chi connectivity index (χ3v) is 12.5. The molecule has 0 aromatic rings. The lowest BCUT2D eigenvalue weighted by molar-refractivity contribution is -0.359. The van der Waals surface area contributed by atoms with Crippen LogP contribution < -0.4 is 5.32 Å². The number of rotatable bonds is 38. The van der Waals surface area contributed by atoms with Crippen LogP contribution in [0.15, 0.2) is 12.2 Å². The van der Waals surface area contributed by atoms with Crippen molar-refractivity contribution in [2.75, 3.05) is 19.8 Å². The molecule has 14 heteroatoms. The molecule has 12 unspecified atom stereocenters. The molecular weight excluding hydrogens is 799 g/mol. The smallest absolute Gasteiger partial charge is 0.220 e. The fraction of sp³-hybridized carbons (Fsp3) is 0.938. The summed E-state index contributed by atoms with van der Waals surface area (Å²) in [6.45, 7) is 2.82. The molecule has 2 fully saturated rings. The largest absolute Gasteiger partial charge is 0.394 e. The van der Waals surface area contributed by atoms with Gasteiger partial charge in [-0.2, -0.15) is 0 Å². The fourth-order valence-electron chi connectivity index (χ4n) is 8.35. The second-order valence-electron chi connectivity index (χ2n) is 17.9. The van der Waals surface area contributed by atoms with Crippen LogP contribution in [0.25, 0.3) is 0 Å². The number of unbranched alkanes of at least 4 members (excludes halogenated alkanes) is 23. The number of hydrogen-bond donors (Lipinski definition) is 9. The maximum absolute atomic E-state index is 13.1. The Bertz CT molecular complexity index is 1100. The summed E-state index contributed by atoms with van der Waals surface area (Å²) in [6.07, 6.45) is 19.2. The SMILES string of the molecule is CCCCCC/C=C\CCCCCCCC(=O)NC(COC1OC(CO)C(OC2OC(CO)C(O)C(O)C2O)C(O)C1O)C(O)CCCCCCCCCCCCCCCCC. The molecule has 2 heterocycles. The average Bonchev–Trinajstić information content (AvgIpc) is 3.27. The summed E-state index contributed by atoms with van der Waals surface area (Å²) in [5.74, 6) is -0.216. The maximum atomic E-state index is 13.1. The number of nitrogens with one attached hydrogen (secondary N) is 1. The number of ether oxygens (including phenoxy) is 4. The Labute approximate surface area is 374 Å². The number of aliphatic hydroxyl groups excluding tert-OH is 8. The van der Waals surface area contributed by atoms with Crippen molar-refractivity contribution >= 4 is 5.91 Å². The monoisotopic (exact) mass is 890 g/mol. The summed E-state index contributed by atoms with van der Waals surface area (Å²) in [6, 6.07) is -0.827. The predicted octanol–water partition coefficient (Wildman–Crippen LogP) is 5.99. The molecule has 0 aromatic carbocycles. The van der Waals surface area contributed by atoms with Gasteiger partial charge in [0.25, 0.3) is 0 Å². The first-order chi connectivity index (χ1) is 30.1. The summed E-state index contributed by atoms with van der Waals surface area (Å²) < 4.78 is 22.7. The van der Waals surface area contributed by atoms with Crippen LogP contribution in [0.4, 0.5) is 0 Å². The molecule has 14 nitrogen and oxygen atoms in total. The zero-order chi connectivity index (χ0) is 45.4. The highest BCUT2D eigenvalue weighted by molar-refractivity contribution is 5.76. The molecule has 2 aliphatic rings. The van der Waals surface area contributed by atoms with Crippen molar-refractivity contribution in [3.05, 3.63) is 12.2 Å². The van der Waals surface area contributed by atoms with E-state index in [9.17, 15) is 45.6 Å². The van der Waals surface area contributed by atoms with Gasteiger partial charge in [0, 0.05) is 6.42 Å². The molecule has 2 aliphatic heterocycles. The average molecular weight is 890 g/mol. The predicted molar refractivity (Wildman–Crippen MR) is 240 cm³/mol. The van der Waals surface area contributed by atoms with E-state index in [4.69, 9.17) is 18.9 Å². The molecule has 62 heavy (non-hydrogen) atoms. The van der Waals surface area contributed by atoms with Crippen LogP contribution in [0.5, 0.6) is 0 Å². The summed E-state index contributed by atoms with van der Waals surface area (Å²) in [5.41, 5.74) is 0. The molecule has 9 N–H and O–H groups in total. The molecule has 0 aromatic heterocycles. The van der Waals surface area contributed by atoms with Crippen molar-refractivity contribution in [3.63, 3.8) is 0 Å². The van der Waals surface area contributed by atoms with E-state index < -0.39 is 86.8 Å². The molecule has 12 atom stereocenters. The number of hydrogen-bond acceptors (Lipinski definition) is 13. The Hall–Kier alpha value is -1.27. The third kappa shape index (κ3) is 23.3. The van der Waals surface area contributed by atoms with Gasteiger partial charge in [0.1, 0.15) is 48.8 Å². The summed E-state index contributed by atoms with van der Waals surface area (Å²) in [7, 11) is 0. The van der Waals surface area contributed by atoms with E-state index in [0.29, 0.717) is 19.3 Å². The summed E-state index contributed by atoms with van der Waals surface area (Å²) >= 11 is 0. The van der Waals surface area contributed by atoms with E-state index in [1.54, 1.807) is 0 Å². The number of amides is 1. The molecule has 2 saturated heterocycles. The first kappa shape index (κ1) is 56.9. The van der Waals surface area contributed by atoms with Gasteiger partial charge in [-0.1, -0.05) is 161 Å². The molecule has 2 rings (SSSR count). The van der Waals surface area contributed by atoms with Gasteiger partial charge in [0.2, 0.25) is 5.91 Å². The van der Waals surface area contributed by atoms with E-state index in [-0.39, 0.29) is 12.5 Å². The van der Waals surface area contributed by atoms with Crippen LogP contribution in [0.2, 0.25) is 0 Å². The van der Waals surface area contributed by atoms with Crippen LogP contribution in [0.3, 0.4) is 0 Å². The van der Waals surface area contributed by atoms with Gasteiger partial charge >= 0.3 is 0 Å². The lowest BCUT2D eigenvalue weighted by Gasteiger charge is -2.46. The molecule has 0 spiro atoms. The Morgan fingerprint density at radius 1 is 0.565 bits per heavy atom. The van der Waals surface area contributed by atoms with Gasteiger partial charge in [-0.25, -0.2) is 0 Å². The van der Waals surface area contributed by atoms with Gasteiger partial charge in [0.05, 0.1) is 32.0 Å². The number of carbonyl (C=O) groups is 1. The standard InChI is InChI=1S/C48H91NO13/c1-3-5-7-9-11-13-15-17-18-20-21-23-25-27-29-31-37(52)36(49-40(53)32-30-28-26-24-22-19-16-14-12-10-8-6-4-2)35-59-47-45(58)43(56)46(39(34-51)61-47)62-48-44(57)42(55)41(54)38(33-50)60-48/h14,16,36-39,41-48,50-52,54-58H,3-13,15,17-35H2,1-2H3,(H,49,53)/b16-14-. The summed E-state index contributed by atoms with van der Waals surface area (Å²) in [4.78, 5) is 13.1. The van der Waals surface area contributed by atoms with Gasteiger partial charge in [-0.15, -0.1) is 0 Å². The van der Waals surface area contributed by atoms with E-state index in [0.717, 1.165) is 64.2 Å². The maximum Gasteiger partial charge on any atom is 0.220 e. The molecule has 366 valence electrons. The van der Waals surface area contributed by atoms with Crippen molar-refractivity contribution in [2.45, 2.75) is 267 Å². The Kier molecular flexibility index (Phi) is 32.9. The van der Waals surface area contributed by atoms with Crippen molar-refractivity contribution < 1.29 is 64.6 Å². The fourth-order valence-corrected chi connectivity index (χ4v) is 8.35. The van der Waals surface area contributed by atoms with Crippen molar-refractivity contribution in [1.29, 1.82) is 0 Å². The highest BCUT2D eigenvalue weighted by Crippen LogP contribution is 2.30. The van der Waals surface area contributed by atoms with Crippen molar-refractivity contribution in [3.8, 4) is 0 Å². The minimum atomic E-state index is -1.78. The van der Waals surface area contributed by atoms with Crippen LogP contribution in [0, 0.1) is 0 Å². The molecule has 0 aliphatic carbocycles. The Morgan fingerprint density at radius 3 is 1.55 bits per heavy atom. The zero-order valence-electron chi connectivity index (χ0n) is 38.6.